The van der Waals surface area contributed by atoms with Gasteiger partial charge >= 0.3 is 0 Å². The third kappa shape index (κ3) is 3.91. The molecule has 0 radical (unpaired) electrons. The van der Waals surface area contributed by atoms with Crippen LogP contribution >= 0.6 is 0 Å². The van der Waals surface area contributed by atoms with Crippen LogP contribution in [-0.2, 0) is 0 Å². The first-order valence-corrected chi connectivity index (χ1v) is 6.41. The van der Waals surface area contributed by atoms with E-state index in [4.69, 9.17) is 5.73 Å². The lowest BCUT2D eigenvalue weighted by Gasteiger charge is -2.18. The van der Waals surface area contributed by atoms with E-state index in [1.54, 1.807) is 0 Å². The molecule has 3 nitrogen and oxygen atoms in total. The van der Waals surface area contributed by atoms with Crippen molar-refractivity contribution in [1.82, 2.24) is 5.32 Å². The second kappa shape index (κ2) is 6.50. The molecule has 1 amide bonds. The van der Waals surface area contributed by atoms with Crippen LogP contribution in [0.15, 0.2) is 12.1 Å². The first-order valence-electron chi connectivity index (χ1n) is 6.41. The summed E-state index contributed by atoms with van der Waals surface area (Å²) in [6.07, 6.45) is 1.75. The highest BCUT2D eigenvalue weighted by Gasteiger charge is 2.21. The highest BCUT2D eigenvalue weighted by atomic mass is 19.1. The molecule has 0 aliphatic rings. The molecule has 0 aliphatic carbocycles. The molecule has 0 spiro atoms. The molecule has 19 heavy (non-hydrogen) atoms. The fourth-order valence-corrected chi connectivity index (χ4v) is 1.90. The van der Waals surface area contributed by atoms with Crippen LogP contribution in [0.25, 0.3) is 0 Å². The summed E-state index contributed by atoms with van der Waals surface area (Å²) in [7, 11) is 0. The van der Waals surface area contributed by atoms with Crippen LogP contribution in [0.5, 0.6) is 0 Å². The maximum absolute atomic E-state index is 13.7. The number of nitrogens with one attached hydrogen (secondary N) is 1. The van der Waals surface area contributed by atoms with Crippen LogP contribution in [0.3, 0.4) is 0 Å². The van der Waals surface area contributed by atoms with Crippen molar-refractivity contribution in [3.63, 3.8) is 0 Å². The highest BCUT2D eigenvalue weighted by molar-refractivity contribution is 5.95. The predicted molar refractivity (Wildman–Crippen MR) is 71.8 cm³/mol. The Hall–Kier alpha value is -1.65. The molecule has 0 fully saturated rings. The lowest BCUT2D eigenvalue weighted by Crippen LogP contribution is -2.35. The van der Waals surface area contributed by atoms with Crippen molar-refractivity contribution < 1.29 is 13.6 Å². The van der Waals surface area contributed by atoms with Gasteiger partial charge in [0.15, 0.2) is 5.82 Å². The van der Waals surface area contributed by atoms with Crippen molar-refractivity contribution in [3.05, 3.63) is 29.3 Å². The van der Waals surface area contributed by atoms with E-state index in [1.807, 2.05) is 6.92 Å². The Morgan fingerprint density at radius 1 is 1.37 bits per heavy atom. The maximum Gasteiger partial charge on any atom is 0.257 e. The van der Waals surface area contributed by atoms with Crippen LogP contribution in [0.1, 0.15) is 44.0 Å². The van der Waals surface area contributed by atoms with Gasteiger partial charge in [0.05, 0.1) is 5.69 Å². The summed E-state index contributed by atoms with van der Waals surface area (Å²) in [5.41, 5.74) is 4.49. The minimum Gasteiger partial charge on any atom is -0.396 e. The number of carbonyl (C=O) groups excluding carboxylic acids is 1. The summed E-state index contributed by atoms with van der Waals surface area (Å²) in [4.78, 5) is 11.9. The normalized spacial score (nSPS) is 13.9. The van der Waals surface area contributed by atoms with Crippen LogP contribution in [-0.4, -0.2) is 11.9 Å². The Morgan fingerprint density at radius 2 is 2.00 bits per heavy atom. The number of nitrogens with two attached hydrogens (primary N) is 1. The number of amides is 1. The standard InChI is InChI=1S/C14H20F2N2O/c1-4-8(2)7-9(3)18-14(19)12-10(15)5-6-11(17)13(12)16/h5-6,8-9H,4,7,17H2,1-3H3,(H,18,19). The summed E-state index contributed by atoms with van der Waals surface area (Å²) in [6.45, 7) is 5.92. The SMILES string of the molecule is CCC(C)CC(C)NC(=O)c1c(F)ccc(N)c1F. The summed E-state index contributed by atoms with van der Waals surface area (Å²) < 4.78 is 27.2. The van der Waals surface area contributed by atoms with E-state index in [9.17, 15) is 13.6 Å². The minimum absolute atomic E-state index is 0.150. The molecule has 2 atom stereocenters. The smallest absolute Gasteiger partial charge is 0.257 e. The molecule has 0 aromatic heterocycles. The quantitative estimate of drug-likeness (QED) is 0.808. The first kappa shape index (κ1) is 15.4. The van der Waals surface area contributed by atoms with Gasteiger partial charge in [0.25, 0.3) is 5.91 Å². The molecule has 1 aromatic carbocycles. The minimum atomic E-state index is -1.01. The lowest BCUT2D eigenvalue weighted by atomic mass is 10.00. The number of benzene rings is 1. The zero-order valence-electron chi connectivity index (χ0n) is 11.5. The molecule has 0 bridgehead atoms. The molecule has 0 heterocycles. The van der Waals surface area contributed by atoms with Crippen molar-refractivity contribution in [1.29, 1.82) is 0 Å². The summed E-state index contributed by atoms with van der Waals surface area (Å²) in [6, 6.07) is 1.94. The third-order valence-corrected chi connectivity index (χ3v) is 3.18. The van der Waals surface area contributed by atoms with Gasteiger partial charge in [-0.05, 0) is 31.4 Å². The Bertz CT molecular complexity index is 463. The maximum atomic E-state index is 13.7. The van der Waals surface area contributed by atoms with Crippen LogP contribution < -0.4 is 11.1 Å². The summed E-state index contributed by atoms with van der Waals surface area (Å²) in [5.74, 6) is -2.24. The number of hydrogen-bond acceptors (Lipinski definition) is 2. The number of nitrogen functional groups attached to an aromatic ring is 1. The molecule has 0 saturated heterocycles. The Kier molecular flexibility index (Phi) is 5.27. The van der Waals surface area contributed by atoms with E-state index in [2.05, 4.69) is 19.2 Å². The second-order valence-corrected chi connectivity index (χ2v) is 4.95. The monoisotopic (exact) mass is 270 g/mol. The van der Waals surface area contributed by atoms with Crippen LogP contribution in [0, 0.1) is 17.6 Å². The van der Waals surface area contributed by atoms with E-state index in [-0.39, 0.29) is 11.7 Å². The third-order valence-electron chi connectivity index (χ3n) is 3.18. The van der Waals surface area contributed by atoms with Gasteiger partial charge in [0.1, 0.15) is 11.4 Å². The van der Waals surface area contributed by atoms with Crippen LogP contribution in [0.2, 0.25) is 0 Å². The topological polar surface area (TPSA) is 55.1 Å². The van der Waals surface area contributed by atoms with E-state index in [1.165, 1.54) is 0 Å². The van der Waals surface area contributed by atoms with E-state index in [0.29, 0.717) is 5.92 Å². The molecule has 106 valence electrons. The van der Waals surface area contributed by atoms with E-state index >= 15 is 0 Å². The Balaban J connectivity index is 2.82. The molecule has 2 unspecified atom stereocenters. The number of halogens is 2. The zero-order chi connectivity index (χ0) is 14.6. The molecule has 5 heteroatoms. The first-order chi connectivity index (χ1) is 8.86. The predicted octanol–water partition coefficient (Wildman–Crippen LogP) is 3.10. The largest absolute Gasteiger partial charge is 0.396 e. The van der Waals surface area contributed by atoms with Crippen molar-refractivity contribution >= 4 is 11.6 Å². The molecule has 1 aromatic rings. The fraction of sp³-hybridized carbons (Fsp3) is 0.500. The highest BCUT2D eigenvalue weighted by Crippen LogP contribution is 2.19. The van der Waals surface area contributed by atoms with E-state index in [0.717, 1.165) is 25.0 Å². The average Bonchev–Trinajstić information content (AvgIpc) is 2.34. The van der Waals surface area contributed by atoms with Gasteiger partial charge in [-0.25, -0.2) is 8.78 Å². The summed E-state index contributed by atoms with van der Waals surface area (Å²) >= 11 is 0. The second-order valence-electron chi connectivity index (χ2n) is 4.95. The molecule has 0 saturated carbocycles. The fourth-order valence-electron chi connectivity index (χ4n) is 1.90. The Morgan fingerprint density at radius 3 is 2.58 bits per heavy atom. The molecular formula is C14H20F2N2O. The molecule has 0 aliphatic heterocycles. The summed E-state index contributed by atoms with van der Waals surface area (Å²) in [5, 5.41) is 2.60. The molecule has 1 rings (SSSR count). The lowest BCUT2D eigenvalue weighted by molar-refractivity contribution is 0.0927. The van der Waals surface area contributed by atoms with Gasteiger partial charge < -0.3 is 11.1 Å². The Labute approximate surface area is 112 Å². The van der Waals surface area contributed by atoms with E-state index < -0.39 is 23.1 Å². The van der Waals surface area contributed by atoms with Crippen molar-refractivity contribution in [2.45, 2.75) is 39.7 Å². The van der Waals surface area contributed by atoms with Gasteiger partial charge in [-0.3, -0.25) is 4.79 Å². The zero-order valence-corrected chi connectivity index (χ0v) is 11.5. The van der Waals surface area contributed by atoms with Gasteiger partial charge in [0.2, 0.25) is 0 Å². The van der Waals surface area contributed by atoms with Gasteiger partial charge in [-0.1, -0.05) is 20.3 Å². The number of rotatable bonds is 5. The van der Waals surface area contributed by atoms with Crippen molar-refractivity contribution in [2.75, 3.05) is 5.73 Å². The average molecular weight is 270 g/mol. The van der Waals surface area contributed by atoms with Crippen molar-refractivity contribution in [3.8, 4) is 0 Å². The van der Waals surface area contributed by atoms with Gasteiger partial charge in [0, 0.05) is 6.04 Å². The molecular weight excluding hydrogens is 250 g/mol. The number of hydrogen-bond donors (Lipinski definition) is 2. The van der Waals surface area contributed by atoms with Gasteiger partial charge in [-0.15, -0.1) is 0 Å². The van der Waals surface area contributed by atoms with Gasteiger partial charge in [-0.2, -0.15) is 0 Å². The van der Waals surface area contributed by atoms with Crippen LogP contribution in [0.4, 0.5) is 14.5 Å². The number of carbonyl (C=O) groups is 1. The van der Waals surface area contributed by atoms with Crippen molar-refractivity contribution in [2.24, 2.45) is 5.92 Å². The molecule has 3 N–H and O–H groups in total. The number of anilines is 1.